The van der Waals surface area contributed by atoms with Crippen molar-refractivity contribution in [2.75, 3.05) is 13.2 Å². The lowest BCUT2D eigenvalue weighted by Crippen LogP contribution is -2.26. The number of aromatic nitrogens is 3. The average molecular weight is 264 g/mol. The molecule has 1 aromatic heterocycles. The Labute approximate surface area is 103 Å². The molecule has 1 unspecified atom stereocenters. The van der Waals surface area contributed by atoms with Gasteiger partial charge in [0.1, 0.15) is 6.61 Å². The van der Waals surface area contributed by atoms with Gasteiger partial charge in [-0.15, -0.1) is 10.2 Å². The van der Waals surface area contributed by atoms with Crippen molar-refractivity contribution in [3.05, 3.63) is 10.4 Å². The fourth-order valence-corrected chi connectivity index (χ4v) is 1.73. The van der Waals surface area contributed by atoms with Gasteiger partial charge in [0.05, 0.1) is 6.10 Å². The molecule has 2 rings (SSSR count). The number of hydrogen-bond acceptors (Lipinski definition) is 5. The Morgan fingerprint density at radius 1 is 1.31 bits per heavy atom. The van der Waals surface area contributed by atoms with Crippen LogP contribution in [0.3, 0.4) is 0 Å². The van der Waals surface area contributed by atoms with Crippen LogP contribution in [0.2, 0.25) is 10.4 Å². The second kappa shape index (κ2) is 5.61. The van der Waals surface area contributed by atoms with Gasteiger partial charge in [-0.1, -0.05) is 11.6 Å². The van der Waals surface area contributed by atoms with Gasteiger partial charge in [-0.05, 0) is 30.9 Å². The molecule has 0 radical (unpaired) electrons. The normalized spacial score (nSPS) is 20.8. The predicted octanol–water partition coefficient (Wildman–Crippen LogP) is 2.13. The maximum absolute atomic E-state index is 5.75. The van der Waals surface area contributed by atoms with E-state index in [9.17, 15) is 0 Å². The molecular formula is C9H11Cl2N3O2. The number of rotatable bonds is 3. The fraction of sp³-hybridized carbons (Fsp3) is 0.667. The lowest BCUT2D eigenvalue weighted by atomic mass is 10.1. The van der Waals surface area contributed by atoms with E-state index in [0.717, 1.165) is 25.9 Å². The Morgan fingerprint density at radius 2 is 2.19 bits per heavy atom. The smallest absolute Gasteiger partial charge is 0.257 e. The van der Waals surface area contributed by atoms with E-state index in [1.54, 1.807) is 0 Å². The van der Waals surface area contributed by atoms with Crippen molar-refractivity contribution in [3.8, 4) is 5.88 Å². The predicted molar refractivity (Wildman–Crippen MR) is 58.9 cm³/mol. The van der Waals surface area contributed by atoms with Crippen molar-refractivity contribution in [2.24, 2.45) is 0 Å². The van der Waals surface area contributed by atoms with Crippen molar-refractivity contribution in [1.82, 2.24) is 15.2 Å². The highest BCUT2D eigenvalue weighted by Crippen LogP contribution is 2.20. The zero-order chi connectivity index (χ0) is 11.4. The molecule has 0 N–H and O–H groups in total. The van der Waals surface area contributed by atoms with Crippen LogP contribution in [0.1, 0.15) is 19.3 Å². The van der Waals surface area contributed by atoms with E-state index < -0.39 is 0 Å². The van der Waals surface area contributed by atoms with E-state index in [1.165, 1.54) is 0 Å². The summed E-state index contributed by atoms with van der Waals surface area (Å²) in [6, 6.07) is 0. The molecule has 7 heteroatoms. The Balaban J connectivity index is 1.90. The first kappa shape index (κ1) is 11.8. The van der Waals surface area contributed by atoms with E-state index in [2.05, 4.69) is 15.2 Å². The second-order valence-electron chi connectivity index (χ2n) is 3.48. The second-order valence-corrected chi connectivity index (χ2v) is 4.17. The molecule has 0 aliphatic carbocycles. The van der Waals surface area contributed by atoms with Crippen LogP contribution in [0.4, 0.5) is 0 Å². The summed E-state index contributed by atoms with van der Waals surface area (Å²) in [6.45, 7) is 1.19. The molecule has 1 aromatic rings. The summed E-state index contributed by atoms with van der Waals surface area (Å²) < 4.78 is 10.9. The molecule has 0 spiro atoms. The van der Waals surface area contributed by atoms with Crippen LogP contribution in [-0.4, -0.2) is 34.5 Å². The van der Waals surface area contributed by atoms with Crippen molar-refractivity contribution in [2.45, 2.75) is 25.4 Å². The number of ether oxygens (including phenoxy) is 2. The third kappa shape index (κ3) is 3.17. The summed E-state index contributed by atoms with van der Waals surface area (Å²) in [6.07, 6.45) is 3.35. The highest BCUT2D eigenvalue weighted by Gasteiger charge is 2.16. The molecule has 1 atom stereocenters. The van der Waals surface area contributed by atoms with Gasteiger partial charge in [-0.2, -0.15) is 4.98 Å². The van der Waals surface area contributed by atoms with Crippen molar-refractivity contribution < 1.29 is 9.47 Å². The minimum absolute atomic E-state index is 0.0176. The van der Waals surface area contributed by atoms with Gasteiger partial charge in [-0.3, -0.25) is 0 Å². The van der Waals surface area contributed by atoms with E-state index in [1.807, 2.05) is 0 Å². The maximum Gasteiger partial charge on any atom is 0.257 e. The third-order valence-corrected chi connectivity index (χ3v) is 2.67. The summed E-state index contributed by atoms with van der Waals surface area (Å²) in [7, 11) is 0. The summed E-state index contributed by atoms with van der Waals surface area (Å²) in [5.74, 6) is 0.204. The first-order chi connectivity index (χ1) is 7.75. The molecule has 2 heterocycles. The first-order valence-electron chi connectivity index (χ1n) is 5.06. The largest absolute Gasteiger partial charge is 0.473 e. The molecule has 0 amide bonds. The molecule has 88 valence electrons. The topological polar surface area (TPSA) is 57.1 Å². The van der Waals surface area contributed by atoms with Gasteiger partial charge < -0.3 is 9.47 Å². The van der Waals surface area contributed by atoms with Crippen molar-refractivity contribution in [3.63, 3.8) is 0 Å². The Bertz CT molecular complexity index is 359. The maximum atomic E-state index is 5.75. The van der Waals surface area contributed by atoms with Gasteiger partial charge in [0.15, 0.2) is 0 Å². The van der Waals surface area contributed by atoms with Crippen LogP contribution < -0.4 is 4.74 Å². The fourth-order valence-electron chi connectivity index (χ4n) is 1.48. The molecule has 16 heavy (non-hydrogen) atoms. The zero-order valence-corrected chi connectivity index (χ0v) is 10.0. The molecule has 1 aliphatic heterocycles. The summed E-state index contributed by atoms with van der Waals surface area (Å²) in [5.41, 5.74) is 0. The van der Waals surface area contributed by atoms with E-state index in [-0.39, 0.29) is 22.4 Å². The number of halogens is 2. The lowest BCUT2D eigenvalue weighted by molar-refractivity contribution is -0.0120. The summed E-state index contributed by atoms with van der Waals surface area (Å²) in [4.78, 5) is 3.84. The van der Waals surface area contributed by atoms with E-state index >= 15 is 0 Å². The lowest BCUT2D eigenvalue weighted by Gasteiger charge is -2.22. The first-order valence-corrected chi connectivity index (χ1v) is 5.81. The Morgan fingerprint density at radius 3 is 2.94 bits per heavy atom. The van der Waals surface area contributed by atoms with Crippen LogP contribution in [0.5, 0.6) is 5.88 Å². The van der Waals surface area contributed by atoms with Gasteiger partial charge >= 0.3 is 0 Å². The number of hydrogen-bond donors (Lipinski definition) is 0. The molecule has 1 aliphatic rings. The SMILES string of the molecule is Clc1nnc(Cl)c(OCC2CCCCO2)n1. The monoisotopic (exact) mass is 263 g/mol. The third-order valence-electron chi connectivity index (χ3n) is 2.27. The van der Waals surface area contributed by atoms with Gasteiger partial charge in [0.2, 0.25) is 10.4 Å². The summed E-state index contributed by atoms with van der Waals surface area (Å²) >= 11 is 11.3. The quantitative estimate of drug-likeness (QED) is 0.836. The van der Waals surface area contributed by atoms with Gasteiger partial charge in [0.25, 0.3) is 5.88 Å². The number of nitrogens with zero attached hydrogens (tertiary/aromatic N) is 3. The Hall–Kier alpha value is -0.650. The molecular weight excluding hydrogens is 253 g/mol. The molecule has 0 saturated carbocycles. The van der Waals surface area contributed by atoms with Crippen LogP contribution >= 0.6 is 23.2 Å². The van der Waals surface area contributed by atoms with Crippen LogP contribution in [-0.2, 0) is 4.74 Å². The van der Waals surface area contributed by atoms with Crippen LogP contribution in [0, 0.1) is 0 Å². The van der Waals surface area contributed by atoms with Crippen molar-refractivity contribution in [1.29, 1.82) is 0 Å². The highest BCUT2D eigenvalue weighted by molar-refractivity contribution is 6.31. The minimum atomic E-state index is 0.0176. The van der Waals surface area contributed by atoms with Gasteiger partial charge in [0, 0.05) is 6.61 Å². The Kier molecular flexibility index (Phi) is 4.15. The highest BCUT2D eigenvalue weighted by atomic mass is 35.5. The van der Waals surface area contributed by atoms with E-state index in [4.69, 9.17) is 32.7 Å². The average Bonchev–Trinajstić information content (AvgIpc) is 2.32. The standard InChI is InChI=1S/C9H11Cl2N3O2/c10-7-8(12-9(11)14-13-7)16-5-6-3-1-2-4-15-6/h6H,1-5H2. The minimum Gasteiger partial charge on any atom is -0.473 e. The van der Waals surface area contributed by atoms with Gasteiger partial charge in [-0.25, -0.2) is 0 Å². The molecule has 0 bridgehead atoms. The van der Waals surface area contributed by atoms with E-state index in [0.29, 0.717) is 6.61 Å². The van der Waals surface area contributed by atoms with Crippen LogP contribution in [0.25, 0.3) is 0 Å². The molecule has 5 nitrogen and oxygen atoms in total. The van der Waals surface area contributed by atoms with Crippen LogP contribution in [0.15, 0.2) is 0 Å². The zero-order valence-electron chi connectivity index (χ0n) is 8.53. The molecule has 1 fully saturated rings. The van der Waals surface area contributed by atoms with Crippen molar-refractivity contribution >= 4 is 23.2 Å². The molecule has 0 aromatic carbocycles. The summed E-state index contributed by atoms with van der Waals surface area (Å²) in [5, 5.41) is 7.22. The molecule has 1 saturated heterocycles.